The Kier molecular flexibility index (Phi) is 6.00. The topological polar surface area (TPSA) is 75.2 Å². The van der Waals surface area contributed by atoms with E-state index >= 15 is 0 Å². The van der Waals surface area contributed by atoms with Crippen molar-refractivity contribution in [3.05, 3.63) is 54.5 Å². The van der Waals surface area contributed by atoms with Crippen LogP contribution >= 0.6 is 0 Å². The summed E-state index contributed by atoms with van der Waals surface area (Å²) in [7, 11) is 0. The Morgan fingerprint density at radius 3 is 2.68 bits per heavy atom. The molecule has 1 aromatic heterocycles. The van der Waals surface area contributed by atoms with Gasteiger partial charge in [0.1, 0.15) is 5.82 Å². The van der Waals surface area contributed by atoms with E-state index in [0.29, 0.717) is 24.6 Å². The Hall–Kier alpha value is -3.02. The number of nitrogens with zero attached hydrogens (tertiary/aromatic N) is 3. The maximum Gasteiger partial charge on any atom is 0.313 e. The lowest BCUT2D eigenvalue weighted by Gasteiger charge is -2.20. The summed E-state index contributed by atoms with van der Waals surface area (Å²) in [4.78, 5) is 34.4. The molecule has 0 spiro atoms. The van der Waals surface area contributed by atoms with Crippen LogP contribution in [-0.2, 0) is 9.59 Å². The van der Waals surface area contributed by atoms with E-state index in [1.807, 2.05) is 26.8 Å². The second-order valence-electron chi connectivity index (χ2n) is 5.80. The lowest BCUT2D eigenvalue weighted by Crippen LogP contribution is -2.40. The summed E-state index contributed by atoms with van der Waals surface area (Å²) in [6, 6.07) is 9.00. The van der Waals surface area contributed by atoms with Gasteiger partial charge in [-0.3, -0.25) is 9.59 Å². The van der Waals surface area contributed by atoms with E-state index in [-0.39, 0.29) is 0 Å². The predicted octanol–water partition coefficient (Wildman–Crippen LogP) is 2.82. The van der Waals surface area contributed by atoms with Crippen LogP contribution in [-0.4, -0.2) is 39.8 Å². The van der Waals surface area contributed by atoms with Gasteiger partial charge in [-0.1, -0.05) is 24.3 Å². The molecule has 0 bridgehead atoms. The molecule has 6 nitrogen and oxygen atoms in total. The van der Waals surface area contributed by atoms with Crippen molar-refractivity contribution in [1.29, 1.82) is 0 Å². The van der Waals surface area contributed by atoms with Crippen molar-refractivity contribution in [2.45, 2.75) is 20.8 Å². The van der Waals surface area contributed by atoms with Crippen LogP contribution in [0.3, 0.4) is 0 Å². The van der Waals surface area contributed by atoms with E-state index < -0.39 is 11.8 Å². The number of likely N-dealkylation sites (N-methyl/N-ethyl adjacent to an activating group) is 1. The van der Waals surface area contributed by atoms with Crippen LogP contribution in [0, 0.1) is 6.92 Å². The van der Waals surface area contributed by atoms with Crippen molar-refractivity contribution in [3.8, 4) is 11.3 Å². The Balaban J connectivity index is 2.15. The standard InChI is InChI=1S/C19H22N4O2/c1-5-23(12-13(2)3)19(25)18(24)22-16-8-6-7-15(11-16)17-9-10-20-14(4)21-17/h6-11H,2,5,12H2,1,3-4H3,(H,22,24). The maximum atomic E-state index is 12.3. The molecular weight excluding hydrogens is 316 g/mol. The summed E-state index contributed by atoms with van der Waals surface area (Å²) in [6.45, 7) is 10.1. The van der Waals surface area contributed by atoms with E-state index in [1.165, 1.54) is 4.90 Å². The number of aryl methyl sites for hydroxylation is 1. The summed E-state index contributed by atoms with van der Waals surface area (Å²) in [6.07, 6.45) is 1.68. The number of carbonyl (C=O) groups is 2. The quantitative estimate of drug-likeness (QED) is 0.672. The Morgan fingerprint density at radius 2 is 2.04 bits per heavy atom. The molecule has 0 saturated carbocycles. The molecule has 1 heterocycles. The Morgan fingerprint density at radius 1 is 1.28 bits per heavy atom. The van der Waals surface area contributed by atoms with Crippen LogP contribution in [0.4, 0.5) is 5.69 Å². The van der Waals surface area contributed by atoms with Gasteiger partial charge in [-0.15, -0.1) is 0 Å². The highest BCUT2D eigenvalue weighted by atomic mass is 16.2. The maximum absolute atomic E-state index is 12.3. The highest BCUT2D eigenvalue weighted by Crippen LogP contribution is 2.20. The molecule has 130 valence electrons. The van der Waals surface area contributed by atoms with Crippen molar-refractivity contribution in [3.63, 3.8) is 0 Å². The van der Waals surface area contributed by atoms with Gasteiger partial charge < -0.3 is 10.2 Å². The number of rotatable bonds is 5. The van der Waals surface area contributed by atoms with E-state index in [9.17, 15) is 9.59 Å². The number of benzene rings is 1. The number of anilines is 1. The second-order valence-corrected chi connectivity index (χ2v) is 5.80. The first kappa shape index (κ1) is 18.3. The van der Waals surface area contributed by atoms with Gasteiger partial charge in [0.15, 0.2) is 0 Å². The van der Waals surface area contributed by atoms with Crippen LogP contribution in [0.2, 0.25) is 0 Å². The SMILES string of the molecule is C=C(C)CN(CC)C(=O)C(=O)Nc1cccc(-c2ccnc(C)n2)c1. The molecule has 1 aromatic carbocycles. The number of nitrogens with one attached hydrogen (secondary N) is 1. The molecule has 0 aliphatic carbocycles. The minimum absolute atomic E-state index is 0.364. The highest BCUT2D eigenvalue weighted by molar-refractivity contribution is 6.39. The summed E-state index contributed by atoms with van der Waals surface area (Å²) in [5, 5.41) is 2.65. The van der Waals surface area contributed by atoms with Crippen LogP contribution in [0.5, 0.6) is 0 Å². The third-order valence-corrected chi connectivity index (χ3v) is 3.52. The molecule has 2 rings (SSSR count). The fraction of sp³-hybridized carbons (Fsp3) is 0.263. The van der Waals surface area contributed by atoms with Gasteiger partial charge in [0.25, 0.3) is 0 Å². The van der Waals surface area contributed by atoms with Gasteiger partial charge in [-0.25, -0.2) is 9.97 Å². The third kappa shape index (κ3) is 4.97. The monoisotopic (exact) mass is 338 g/mol. The molecule has 0 atom stereocenters. The molecule has 25 heavy (non-hydrogen) atoms. The molecule has 0 aliphatic rings. The zero-order valence-corrected chi connectivity index (χ0v) is 14.7. The largest absolute Gasteiger partial charge is 0.331 e. The Labute approximate surface area is 147 Å². The van der Waals surface area contributed by atoms with Crippen LogP contribution < -0.4 is 5.32 Å². The second kappa shape index (κ2) is 8.19. The van der Waals surface area contributed by atoms with E-state index in [2.05, 4.69) is 21.9 Å². The number of aromatic nitrogens is 2. The smallest absolute Gasteiger partial charge is 0.313 e. The van der Waals surface area contributed by atoms with Crippen molar-refractivity contribution in [1.82, 2.24) is 14.9 Å². The first-order chi connectivity index (χ1) is 11.9. The van der Waals surface area contributed by atoms with Gasteiger partial charge in [0, 0.05) is 30.5 Å². The third-order valence-electron chi connectivity index (χ3n) is 3.52. The average Bonchev–Trinajstić information content (AvgIpc) is 2.59. The van der Waals surface area contributed by atoms with Gasteiger partial charge >= 0.3 is 11.8 Å². The molecule has 0 aliphatic heterocycles. The highest BCUT2D eigenvalue weighted by Gasteiger charge is 2.20. The first-order valence-corrected chi connectivity index (χ1v) is 8.05. The van der Waals surface area contributed by atoms with Crippen LogP contribution in [0.1, 0.15) is 19.7 Å². The zero-order chi connectivity index (χ0) is 18.4. The van der Waals surface area contributed by atoms with Crippen LogP contribution in [0.25, 0.3) is 11.3 Å². The lowest BCUT2D eigenvalue weighted by molar-refractivity contribution is -0.142. The molecule has 1 N–H and O–H groups in total. The van der Waals surface area contributed by atoms with Crippen LogP contribution in [0.15, 0.2) is 48.7 Å². The Bertz CT molecular complexity index is 802. The number of amides is 2. The molecule has 0 saturated heterocycles. The van der Waals surface area contributed by atoms with Gasteiger partial charge in [-0.05, 0) is 39.0 Å². The number of hydrogen-bond donors (Lipinski definition) is 1. The summed E-state index contributed by atoms with van der Waals surface area (Å²) in [5.74, 6) is -0.576. The molecule has 6 heteroatoms. The number of hydrogen-bond acceptors (Lipinski definition) is 4. The normalized spacial score (nSPS) is 10.2. The fourth-order valence-corrected chi connectivity index (χ4v) is 2.35. The molecule has 0 fully saturated rings. The van der Waals surface area contributed by atoms with E-state index in [0.717, 1.165) is 16.8 Å². The summed E-state index contributed by atoms with van der Waals surface area (Å²) < 4.78 is 0. The molecule has 0 unspecified atom stereocenters. The fourth-order valence-electron chi connectivity index (χ4n) is 2.35. The summed E-state index contributed by atoms with van der Waals surface area (Å²) in [5.41, 5.74) is 2.96. The molecule has 2 amide bonds. The summed E-state index contributed by atoms with van der Waals surface area (Å²) >= 11 is 0. The van der Waals surface area contributed by atoms with Crippen molar-refractivity contribution in [2.24, 2.45) is 0 Å². The molecule has 0 radical (unpaired) electrons. The van der Waals surface area contributed by atoms with E-state index in [4.69, 9.17) is 0 Å². The van der Waals surface area contributed by atoms with Gasteiger partial charge in [0.2, 0.25) is 0 Å². The first-order valence-electron chi connectivity index (χ1n) is 8.05. The minimum Gasteiger partial charge on any atom is -0.331 e. The predicted molar refractivity (Wildman–Crippen MR) is 97.9 cm³/mol. The minimum atomic E-state index is -0.667. The lowest BCUT2D eigenvalue weighted by atomic mass is 10.1. The van der Waals surface area contributed by atoms with E-state index in [1.54, 1.807) is 30.5 Å². The molecular formula is C19H22N4O2. The number of carbonyl (C=O) groups excluding carboxylic acids is 2. The van der Waals surface area contributed by atoms with Crippen molar-refractivity contribution < 1.29 is 9.59 Å². The van der Waals surface area contributed by atoms with Gasteiger partial charge in [0.05, 0.1) is 5.69 Å². The van der Waals surface area contributed by atoms with Crippen molar-refractivity contribution >= 4 is 17.5 Å². The van der Waals surface area contributed by atoms with Gasteiger partial charge in [-0.2, -0.15) is 0 Å². The van der Waals surface area contributed by atoms with Crippen molar-refractivity contribution in [2.75, 3.05) is 18.4 Å². The average molecular weight is 338 g/mol. The molecule has 2 aromatic rings. The zero-order valence-electron chi connectivity index (χ0n) is 14.7.